The highest BCUT2D eigenvalue weighted by Gasteiger charge is 2.31. The fraction of sp³-hybridized carbons (Fsp3) is 1.00. The molecule has 0 N–H and O–H groups in total. The summed E-state index contributed by atoms with van der Waals surface area (Å²) in [5.41, 5.74) is -0.563. The minimum atomic E-state index is -3.28. The van der Waals surface area contributed by atoms with Crippen LogP contribution >= 0.6 is 11.6 Å². The highest BCUT2D eigenvalue weighted by Crippen LogP contribution is 2.18. The van der Waals surface area contributed by atoms with Crippen molar-refractivity contribution in [3.05, 3.63) is 0 Å². The molecule has 0 aromatic rings. The number of sulfonamides is 1. The number of nitrogens with zero attached hydrogens (tertiary/aromatic N) is 1. The summed E-state index contributed by atoms with van der Waals surface area (Å²) in [5.74, 6) is 0.259. The molecule has 0 aromatic carbocycles. The minimum absolute atomic E-state index is 0.00232. The van der Waals surface area contributed by atoms with Gasteiger partial charge < -0.3 is 4.74 Å². The molecule has 0 radical (unpaired) electrons. The number of hydrogen-bond acceptors (Lipinski definition) is 3. The van der Waals surface area contributed by atoms with E-state index < -0.39 is 15.6 Å². The van der Waals surface area contributed by atoms with Crippen molar-refractivity contribution >= 4 is 21.6 Å². The summed E-state index contributed by atoms with van der Waals surface area (Å²) in [6.07, 6.45) is 0. The van der Waals surface area contributed by atoms with Gasteiger partial charge in [0.2, 0.25) is 10.0 Å². The Balaban J connectivity index is 4.46. The summed E-state index contributed by atoms with van der Waals surface area (Å²) in [6, 6.07) is 0. The van der Waals surface area contributed by atoms with Crippen LogP contribution in [-0.4, -0.2) is 50.2 Å². The van der Waals surface area contributed by atoms with E-state index in [9.17, 15) is 8.42 Å². The third-order valence-electron chi connectivity index (χ3n) is 2.29. The van der Waals surface area contributed by atoms with Crippen LogP contribution in [0.1, 0.15) is 20.8 Å². The van der Waals surface area contributed by atoms with Crippen molar-refractivity contribution < 1.29 is 13.2 Å². The second-order valence-corrected chi connectivity index (χ2v) is 6.31. The number of ether oxygens (including phenoxy) is 1. The van der Waals surface area contributed by atoms with Gasteiger partial charge in [0.1, 0.15) is 0 Å². The summed E-state index contributed by atoms with van der Waals surface area (Å²) < 4.78 is 29.9. The first kappa shape index (κ1) is 15.2. The lowest BCUT2D eigenvalue weighted by Gasteiger charge is -2.32. The standard InChI is InChI=1S/C9H20ClNO3S/c1-5-14-6-7-15(12,13)11(4)9(2,3)8-10/h5-8H2,1-4H3. The Bertz CT molecular complexity index is 277. The Morgan fingerprint density at radius 2 is 1.93 bits per heavy atom. The molecule has 4 nitrogen and oxygen atoms in total. The zero-order valence-corrected chi connectivity index (χ0v) is 11.4. The molecule has 0 heterocycles. The van der Waals surface area contributed by atoms with Crippen molar-refractivity contribution in [1.82, 2.24) is 4.31 Å². The molecule has 0 atom stereocenters. The molecule has 0 fully saturated rings. The SMILES string of the molecule is CCOCCS(=O)(=O)N(C)C(C)(C)CCl. The number of rotatable bonds is 7. The van der Waals surface area contributed by atoms with Crippen LogP contribution < -0.4 is 0 Å². The number of hydrogen-bond donors (Lipinski definition) is 0. The smallest absolute Gasteiger partial charge is 0.216 e. The molecule has 0 unspecified atom stereocenters. The Morgan fingerprint density at radius 1 is 1.40 bits per heavy atom. The van der Waals surface area contributed by atoms with Crippen LogP contribution in [0.2, 0.25) is 0 Å². The van der Waals surface area contributed by atoms with Crippen molar-refractivity contribution in [2.24, 2.45) is 0 Å². The fourth-order valence-corrected chi connectivity index (χ4v) is 2.58. The van der Waals surface area contributed by atoms with E-state index in [2.05, 4.69) is 0 Å². The van der Waals surface area contributed by atoms with Crippen molar-refractivity contribution in [2.45, 2.75) is 26.3 Å². The molecular formula is C9H20ClNO3S. The predicted octanol–water partition coefficient (Wildman–Crippen LogP) is 1.30. The van der Waals surface area contributed by atoms with Gasteiger partial charge in [-0.05, 0) is 20.8 Å². The molecule has 0 spiro atoms. The molecule has 0 aromatic heterocycles. The van der Waals surface area contributed by atoms with Gasteiger partial charge in [0.15, 0.2) is 0 Å². The van der Waals surface area contributed by atoms with Crippen molar-refractivity contribution in [3.8, 4) is 0 Å². The van der Waals surface area contributed by atoms with Crippen LogP contribution in [0.5, 0.6) is 0 Å². The molecule has 0 amide bonds. The average Bonchev–Trinajstić information content (AvgIpc) is 2.17. The van der Waals surface area contributed by atoms with Crippen LogP contribution in [0.4, 0.5) is 0 Å². The summed E-state index contributed by atoms with van der Waals surface area (Å²) >= 11 is 5.72. The largest absolute Gasteiger partial charge is 0.381 e. The molecule has 0 rings (SSSR count). The van der Waals surface area contributed by atoms with E-state index in [0.29, 0.717) is 6.61 Å². The van der Waals surface area contributed by atoms with Gasteiger partial charge in [0, 0.05) is 25.1 Å². The molecule has 6 heteroatoms. The number of halogens is 1. The first-order valence-electron chi connectivity index (χ1n) is 4.88. The van der Waals surface area contributed by atoms with Crippen LogP contribution in [0.3, 0.4) is 0 Å². The monoisotopic (exact) mass is 257 g/mol. The lowest BCUT2D eigenvalue weighted by Crippen LogP contribution is -2.47. The van der Waals surface area contributed by atoms with Gasteiger partial charge in [0.25, 0.3) is 0 Å². The van der Waals surface area contributed by atoms with Gasteiger partial charge in [-0.2, -0.15) is 4.31 Å². The molecule has 15 heavy (non-hydrogen) atoms. The van der Waals surface area contributed by atoms with Crippen molar-refractivity contribution in [1.29, 1.82) is 0 Å². The highest BCUT2D eigenvalue weighted by atomic mass is 35.5. The first-order chi connectivity index (χ1) is 6.78. The summed E-state index contributed by atoms with van der Waals surface area (Å²) in [6.45, 7) is 6.16. The Hall–Kier alpha value is 0.160. The van der Waals surface area contributed by atoms with Crippen LogP contribution in [0.25, 0.3) is 0 Å². The first-order valence-corrected chi connectivity index (χ1v) is 7.02. The maximum atomic E-state index is 11.8. The Labute approximate surface area is 97.6 Å². The molecule has 0 aliphatic heterocycles. The quantitative estimate of drug-likeness (QED) is 0.510. The normalized spacial score (nSPS) is 13.5. The predicted molar refractivity (Wildman–Crippen MR) is 62.8 cm³/mol. The lowest BCUT2D eigenvalue weighted by molar-refractivity contribution is 0.161. The van der Waals surface area contributed by atoms with Gasteiger partial charge in [-0.15, -0.1) is 11.6 Å². The third kappa shape index (κ3) is 4.68. The van der Waals surface area contributed by atoms with Gasteiger partial charge in [0.05, 0.1) is 12.4 Å². The molecule has 0 saturated heterocycles. The summed E-state index contributed by atoms with van der Waals surface area (Å²) in [7, 11) is -1.73. The second kappa shape index (κ2) is 6.03. The summed E-state index contributed by atoms with van der Waals surface area (Å²) in [4.78, 5) is 0. The molecule has 0 aliphatic carbocycles. The molecule has 0 bridgehead atoms. The second-order valence-electron chi connectivity index (χ2n) is 3.93. The molecular weight excluding hydrogens is 238 g/mol. The molecule has 0 saturated carbocycles. The minimum Gasteiger partial charge on any atom is -0.381 e. The zero-order valence-electron chi connectivity index (χ0n) is 9.79. The number of alkyl halides is 1. The van der Waals surface area contributed by atoms with Crippen LogP contribution in [0, 0.1) is 0 Å². The maximum Gasteiger partial charge on any atom is 0.216 e. The molecule has 92 valence electrons. The highest BCUT2D eigenvalue weighted by molar-refractivity contribution is 7.89. The maximum absolute atomic E-state index is 11.8. The fourth-order valence-electron chi connectivity index (χ4n) is 0.906. The topological polar surface area (TPSA) is 46.6 Å². The molecule has 0 aliphatic rings. The average molecular weight is 258 g/mol. The van der Waals surface area contributed by atoms with Gasteiger partial charge in [-0.3, -0.25) is 0 Å². The summed E-state index contributed by atoms with van der Waals surface area (Å²) in [5, 5.41) is 0. The van der Waals surface area contributed by atoms with E-state index in [1.807, 2.05) is 6.92 Å². The van der Waals surface area contributed by atoms with Crippen molar-refractivity contribution in [2.75, 3.05) is 31.9 Å². The van der Waals surface area contributed by atoms with Gasteiger partial charge in [-0.25, -0.2) is 8.42 Å². The lowest BCUT2D eigenvalue weighted by atomic mass is 10.1. The van der Waals surface area contributed by atoms with Gasteiger partial charge >= 0.3 is 0 Å². The van der Waals surface area contributed by atoms with E-state index in [-0.39, 0.29) is 18.2 Å². The zero-order chi connectivity index (χ0) is 12.1. The van der Waals surface area contributed by atoms with Crippen LogP contribution in [0.15, 0.2) is 0 Å². The van der Waals surface area contributed by atoms with E-state index >= 15 is 0 Å². The van der Waals surface area contributed by atoms with Crippen molar-refractivity contribution in [3.63, 3.8) is 0 Å². The Morgan fingerprint density at radius 3 is 2.33 bits per heavy atom. The van der Waals surface area contributed by atoms with E-state index in [0.717, 1.165) is 0 Å². The third-order valence-corrected chi connectivity index (χ3v) is 4.95. The van der Waals surface area contributed by atoms with Gasteiger partial charge in [-0.1, -0.05) is 0 Å². The van der Waals surface area contributed by atoms with E-state index in [4.69, 9.17) is 16.3 Å². The van der Waals surface area contributed by atoms with Crippen LogP contribution in [-0.2, 0) is 14.8 Å². The van der Waals surface area contributed by atoms with E-state index in [1.165, 1.54) is 4.31 Å². The Kier molecular flexibility index (Phi) is 6.10. The van der Waals surface area contributed by atoms with E-state index in [1.54, 1.807) is 20.9 Å².